The Morgan fingerprint density at radius 2 is 1.84 bits per heavy atom. The van der Waals surface area contributed by atoms with Gasteiger partial charge >= 0.3 is 12.3 Å². The number of hydrogen-bond donors (Lipinski definition) is 2. The number of alkyl halides is 3. The summed E-state index contributed by atoms with van der Waals surface area (Å²) in [5.74, 6) is -1.33. The maximum absolute atomic E-state index is 12.6. The van der Waals surface area contributed by atoms with Gasteiger partial charge in [0.1, 0.15) is 11.4 Å². The molecule has 0 spiro atoms. The van der Waals surface area contributed by atoms with Gasteiger partial charge in [-0.1, -0.05) is 0 Å². The molecule has 0 aliphatic carbocycles. The molecular formula is C19H27F3N6O3. The molecule has 1 aromatic heterocycles. The summed E-state index contributed by atoms with van der Waals surface area (Å²) < 4.78 is 43.6. The maximum atomic E-state index is 12.6. The van der Waals surface area contributed by atoms with Gasteiger partial charge in [-0.3, -0.25) is 0 Å². The van der Waals surface area contributed by atoms with E-state index in [0.29, 0.717) is 10.2 Å². The van der Waals surface area contributed by atoms with Crippen molar-refractivity contribution in [1.82, 2.24) is 25.1 Å². The number of tetrazole rings is 1. The molecule has 31 heavy (non-hydrogen) atoms. The number of phenolic OH excluding ortho intramolecular Hbond substituents is 1. The highest BCUT2D eigenvalue weighted by Gasteiger charge is 2.38. The van der Waals surface area contributed by atoms with Crippen LogP contribution in [0.15, 0.2) is 18.2 Å². The Balaban J connectivity index is 0.000000233. The minimum atomic E-state index is -4.66. The number of ether oxygens (including phenoxy) is 1. The maximum Gasteiger partial charge on any atom is 0.453 e. The summed E-state index contributed by atoms with van der Waals surface area (Å²) in [5.41, 5.74) is 5.36. The predicted molar refractivity (Wildman–Crippen MR) is 105 cm³/mol. The van der Waals surface area contributed by atoms with Crippen molar-refractivity contribution in [3.05, 3.63) is 29.6 Å². The van der Waals surface area contributed by atoms with E-state index in [1.165, 1.54) is 24.6 Å². The number of nitrogens with two attached hydrogens (primary N) is 1. The van der Waals surface area contributed by atoms with E-state index in [0.717, 1.165) is 25.9 Å². The highest BCUT2D eigenvalue weighted by atomic mass is 19.4. The molecule has 1 amide bonds. The van der Waals surface area contributed by atoms with Crippen LogP contribution >= 0.6 is 0 Å². The summed E-state index contributed by atoms with van der Waals surface area (Å²) in [5, 5.41) is 18.6. The Hall–Kier alpha value is -2.89. The van der Waals surface area contributed by atoms with Crippen LogP contribution in [0.2, 0.25) is 0 Å². The fourth-order valence-electron chi connectivity index (χ4n) is 2.81. The second-order valence-corrected chi connectivity index (χ2v) is 7.96. The number of halogens is 3. The van der Waals surface area contributed by atoms with Gasteiger partial charge in [0.25, 0.3) is 5.82 Å². The summed E-state index contributed by atoms with van der Waals surface area (Å²) in [6.45, 7) is 7.39. The molecule has 0 bridgehead atoms. The third-order valence-corrected chi connectivity index (χ3v) is 4.26. The monoisotopic (exact) mass is 444 g/mol. The first-order valence-electron chi connectivity index (χ1n) is 9.78. The number of carbonyl (C=O) groups is 1. The van der Waals surface area contributed by atoms with Crippen molar-refractivity contribution < 1.29 is 27.8 Å². The summed E-state index contributed by atoms with van der Waals surface area (Å²) in [6.07, 6.45) is -1.37. The van der Waals surface area contributed by atoms with Crippen molar-refractivity contribution in [3.63, 3.8) is 0 Å². The van der Waals surface area contributed by atoms with Gasteiger partial charge in [-0.25, -0.2) is 4.79 Å². The Labute approximate surface area is 178 Å². The molecule has 0 atom stereocenters. The molecule has 2 heterocycles. The molecule has 3 N–H and O–H groups in total. The lowest BCUT2D eigenvalue weighted by atomic mass is 10.1. The number of carbonyl (C=O) groups excluding carboxylic acids is 1. The number of phenols is 1. The number of aromatic nitrogens is 4. The number of likely N-dealkylation sites (tertiary alicyclic amines) is 1. The number of rotatable bonds is 2. The van der Waals surface area contributed by atoms with E-state index in [9.17, 15) is 23.1 Å². The first-order valence-corrected chi connectivity index (χ1v) is 9.78. The Morgan fingerprint density at radius 3 is 2.39 bits per heavy atom. The van der Waals surface area contributed by atoms with Crippen molar-refractivity contribution >= 4 is 6.09 Å². The number of benzene rings is 1. The molecule has 1 fully saturated rings. The molecule has 1 aliphatic rings. The molecular weight excluding hydrogens is 417 g/mol. The molecule has 0 unspecified atom stereocenters. The second-order valence-electron chi connectivity index (χ2n) is 7.96. The van der Waals surface area contributed by atoms with Crippen molar-refractivity contribution in [2.24, 2.45) is 5.73 Å². The van der Waals surface area contributed by atoms with E-state index in [4.69, 9.17) is 10.5 Å². The van der Waals surface area contributed by atoms with Gasteiger partial charge in [-0.15, -0.1) is 5.10 Å². The van der Waals surface area contributed by atoms with E-state index < -0.39 is 12.0 Å². The van der Waals surface area contributed by atoms with Crippen molar-refractivity contribution in [2.45, 2.75) is 58.4 Å². The first-order chi connectivity index (χ1) is 14.4. The molecule has 1 aromatic carbocycles. The van der Waals surface area contributed by atoms with E-state index in [1.54, 1.807) is 4.90 Å². The Morgan fingerprint density at radius 1 is 1.19 bits per heavy atom. The van der Waals surface area contributed by atoms with E-state index in [2.05, 4.69) is 15.5 Å². The van der Waals surface area contributed by atoms with Gasteiger partial charge in [0.2, 0.25) is 0 Å². The second kappa shape index (κ2) is 9.94. The van der Waals surface area contributed by atoms with Gasteiger partial charge in [0.15, 0.2) is 0 Å². The summed E-state index contributed by atoms with van der Waals surface area (Å²) in [4.78, 5) is 13.3. The van der Waals surface area contributed by atoms with Crippen LogP contribution in [-0.2, 0) is 17.5 Å². The fraction of sp³-hybridized carbons (Fsp3) is 0.579. The topological polar surface area (TPSA) is 119 Å². The highest BCUT2D eigenvalue weighted by molar-refractivity contribution is 5.68. The van der Waals surface area contributed by atoms with Gasteiger partial charge in [-0.2, -0.15) is 17.9 Å². The largest absolute Gasteiger partial charge is 0.508 e. The van der Waals surface area contributed by atoms with Crippen LogP contribution in [0.4, 0.5) is 18.0 Å². The summed E-state index contributed by atoms with van der Waals surface area (Å²) in [7, 11) is 0. The third-order valence-electron chi connectivity index (χ3n) is 4.26. The average molecular weight is 444 g/mol. The van der Waals surface area contributed by atoms with Gasteiger partial charge in [-0.05, 0) is 68.7 Å². The van der Waals surface area contributed by atoms with Crippen LogP contribution in [0, 0.1) is 0 Å². The van der Waals surface area contributed by atoms with Crippen LogP contribution < -0.4 is 5.73 Å². The van der Waals surface area contributed by atoms with E-state index in [1.807, 2.05) is 20.8 Å². The minimum absolute atomic E-state index is 0.0108. The lowest BCUT2D eigenvalue weighted by molar-refractivity contribution is -0.146. The zero-order valence-corrected chi connectivity index (χ0v) is 17.7. The lowest BCUT2D eigenvalue weighted by Gasteiger charge is -2.29. The smallest absolute Gasteiger partial charge is 0.453 e. The Kier molecular flexibility index (Phi) is 7.82. The summed E-state index contributed by atoms with van der Waals surface area (Å²) in [6, 6.07) is 3.79. The number of aromatic hydroxyl groups is 1. The zero-order chi connectivity index (χ0) is 23.2. The van der Waals surface area contributed by atoms with Gasteiger partial charge in [0.05, 0.1) is 5.69 Å². The number of amides is 1. The summed E-state index contributed by atoms with van der Waals surface area (Å²) >= 11 is 0. The van der Waals surface area contributed by atoms with Crippen LogP contribution in [-0.4, -0.2) is 55.0 Å². The van der Waals surface area contributed by atoms with Crippen LogP contribution in [0.1, 0.15) is 51.4 Å². The molecule has 9 nitrogen and oxygen atoms in total. The standard InChI is InChI=1S/C10H19NO2.C9H8F3N5O/c1-10(2,3)13-9(12)11-7-5-4-6-8-11;10-9(11,12)8-14-15-16-17(8)6-1-2-7(18)5(3-6)4-13/h4-8H2,1-3H3;1-3,18H,4,13H2. The van der Waals surface area contributed by atoms with Crippen molar-refractivity contribution in [2.75, 3.05) is 13.1 Å². The zero-order valence-electron chi connectivity index (χ0n) is 17.7. The molecule has 0 radical (unpaired) electrons. The van der Waals surface area contributed by atoms with Gasteiger partial charge < -0.3 is 20.5 Å². The normalized spacial score (nSPS) is 14.6. The molecule has 172 valence electrons. The van der Waals surface area contributed by atoms with Crippen LogP contribution in [0.3, 0.4) is 0 Å². The molecule has 12 heteroatoms. The predicted octanol–water partition coefficient (Wildman–Crippen LogP) is 3.25. The van der Waals surface area contributed by atoms with Crippen molar-refractivity contribution in [3.8, 4) is 11.4 Å². The molecule has 3 rings (SSSR count). The minimum Gasteiger partial charge on any atom is -0.508 e. The molecule has 2 aromatic rings. The van der Waals surface area contributed by atoms with E-state index >= 15 is 0 Å². The fourth-order valence-corrected chi connectivity index (χ4v) is 2.81. The highest BCUT2D eigenvalue weighted by Crippen LogP contribution is 2.29. The third kappa shape index (κ3) is 7.09. The van der Waals surface area contributed by atoms with E-state index in [-0.39, 0.29) is 29.7 Å². The van der Waals surface area contributed by atoms with Gasteiger partial charge in [0, 0.05) is 25.2 Å². The lowest BCUT2D eigenvalue weighted by Crippen LogP contribution is -2.39. The number of hydrogen-bond acceptors (Lipinski definition) is 7. The molecule has 1 saturated heterocycles. The quantitative estimate of drug-likeness (QED) is 0.730. The number of nitrogens with zero attached hydrogens (tertiary/aromatic N) is 5. The molecule has 0 saturated carbocycles. The molecule has 1 aliphatic heterocycles. The van der Waals surface area contributed by atoms with Crippen molar-refractivity contribution in [1.29, 1.82) is 0 Å². The number of piperidine rings is 1. The van der Waals surface area contributed by atoms with Crippen LogP contribution in [0.25, 0.3) is 5.69 Å². The average Bonchev–Trinajstić information content (AvgIpc) is 3.19. The van der Waals surface area contributed by atoms with Crippen LogP contribution in [0.5, 0.6) is 5.75 Å². The SMILES string of the molecule is CC(C)(C)OC(=O)N1CCCCC1.NCc1cc(-n2nnnc2C(F)(F)F)ccc1O. The first kappa shape index (κ1) is 24.4. The Bertz CT molecular complexity index is 874.